The minimum Gasteiger partial charge on any atom is -0.508 e. The number of phenols is 1. The van der Waals surface area contributed by atoms with Gasteiger partial charge in [-0.05, 0) is 80.1 Å². The Morgan fingerprint density at radius 2 is 1.41 bits per heavy atom. The molecule has 160 valence electrons. The summed E-state index contributed by atoms with van der Waals surface area (Å²) in [6.07, 6.45) is 1.87. The number of rotatable bonds is 4. The lowest BCUT2D eigenvalue weighted by Gasteiger charge is -2.11. The standard InChI is InChI=1S/C25H21N3O3S/c1-17-6-7-18(2)28(17)32(30,31)22-14-10-19(11-15-22)24-23-5-3-4-16-27(23)26-25(24)20-8-12-21(29)13-9-20/h3-16,29H,1-2H3. The third-order valence-electron chi connectivity index (χ3n) is 5.57. The smallest absolute Gasteiger partial charge is 0.268 e. The quantitative estimate of drug-likeness (QED) is 0.423. The largest absolute Gasteiger partial charge is 0.508 e. The second-order valence-corrected chi connectivity index (χ2v) is 9.50. The summed E-state index contributed by atoms with van der Waals surface area (Å²) < 4.78 is 29.5. The number of hydrogen-bond acceptors (Lipinski definition) is 4. The van der Waals surface area contributed by atoms with E-state index < -0.39 is 10.0 Å². The summed E-state index contributed by atoms with van der Waals surface area (Å²) in [5, 5.41) is 14.4. The van der Waals surface area contributed by atoms with Crippen LogP contribution in [0.25, 0.3) is 27.9 Å². The predicted octanol–water partition coefficient (Wildman–Crippen LogP) is 5.03. The molecule has 0 spiro atoms. The zero-order valence-corrected chi connectivity index (χ0v) is 18.4. The normalized spacial score (nSPS) is 11.8. The van der Waals surface area contributed by atoms with Gasteiger partial charge in [0.15, 0.2) is 0 Å². The zero-order chi connectivity index (χ0) is 22.5. The molecule has 0 aliphatic carbocycles. The second-order valence-electron chi connectivity index (χ2n) is 7.71. The summed E-state index contributed by atoms with van der Waals surface area (Å²) in [5.41, 5.74) is 5.61. The summed E-state index contributed by atoms with van der Waals surface area (Å²) in [5.74, 6) is 0.184. The molecule has 0 bridgehead atoms. The molecule has 0 radical (unpaired) electrons. The SMILES string of the molecule is Cc1ccc(C)n1S(=O)(=O)c1ccc(-c2c(-c3ccc(O)cc3)nn3ccccc23)cc1. The molecule has 2 aromatic carbocycles. The van der Waals surface area contributed by atoms with Gasteiger partial charge in [0.05, 0.1) is 10.4 Å². The minimum absolute atomic E-state index is 0.184. The number of aryl methyl sites for hydroxylation is 2. The number of nitrogens with zero attached hydrogens (tertiary/aromatic N) is 3. The first-order valence-electron chi connectivity index (χ1n) is 10.1. The average Bonchev–Trinajstić information content (AvgIpc) is 3.34. The van der Waals surface area contributed by atoms with Gasteiger partial charge < -0.3 is 5.11 Å². The molecule has 0 unspecified atom stereocenters. The van der Waals surface area contributed by atoms with Gasteiger partial charge in [-0.1, -0.05) is 18.2 Å². The number of hydrogen-bond donors (Lipinski definition) is 1. The van der Waals surface area contributed by atoms with Gasteiger partial charge in [0.1, 0.15) is 11.4 Å². The van der Waals surface area contributed by atoms with Crippen molar-refractivity contribution in [3.63, 3.8) is 0 Å². The number of benzene rings is 2. The molecule has 0 saturated heterocycles. The maximum atomic E-state index is 13.2. The van der Waals surface area contributed by atoms with E-state index >= 15 is 0 Å². The summed E-state index contributed by atoms with van der Waals surface area (Å²) >= 11 is 0. The predicted molar refractivity (Wildman–Crippen MR) is 124 cm³/mol. The molecule has 0 fully saturated rings. The lowest BCUT2D eigenvalue weighted by atomic mass is 10.00. The lowest BCUT2D eigenvalue weighted by molar-refractivity contribution is 0.475. The molecule has 0 atom stereocenters. The lowest BCUT2D eigenvalue weighted by Crippen LogP contribution is -2.15. The first kappa shape index (κ1) is 20.1. The first-order valence-corrected chi connectivity index (χ1v) is 11.6. The molecule has 3 heterocycles. The first-order chi connectivity index (χ1) is 15.4. The number of aromatic hydroxyl groups is 1. The van der Waals surface area contributed by atoms with Crippen LogP contribution in [0.4, 0.5) is 0 Å². The highest BCUT2D eigenvalue weighted by molar-refractivity contribution is 7.90. The third kappa shape index (κ3) is 3.18. The fourth-order valence-electron chi connectivity index (χ4n) is 4.04. The van der Waals surface area contributed by atoms with Gasteiger partial charge in [-0.15, -0.1) is 0 Å². The number of phenolic OH excluding ortho intramolecular Hbond substituents is 1. The van der Waals surface area contributed by atoms with Crippen LogP contribution in [-0.2, 0) is 10.0 Å². The van der Waals surface area contributed by atoms with Crippen molar-refractivity contribution < 1.29 is 13.5 Å². The van der Waals surface area contributed by atoms with Gasteiger partial charge in [0.2, 0.25) is 0 Å². The Labute approximate surface area is 186 Å². The van der Waals surface area contributed by atoms with Crippen LogP contribution in [0.15, 0.2) is 90.0 Å². The topological polar surface area (TPSA) is 76.6 Å². The monoisotopic (exact) mass is 443 g/mol. The van der Waals surface area contributed by atoms with Crippen LogP contribution in [-0.4, -0.2) is 27.1 Å². The molecule has 3 aromatic heterocycles. The third-order valence-corrected chi connectivity index (χ3v) is 7.49. The van der Waals surface area contributed by atoms with Crippen molar-refractivity contribution in [2.45, 2.75) is 18.7 Å². The van der Waals surface area contributed by atoms with Crippen LogP contribution in [0, 0.1) is 13.8 Å². The van der Waals surface area contributed by atoms with Gasteiger partial charge in [-0.25, -0.2) is 16.9 Å². The van der Waals surface area contributed by atoms with Crippen LogP contribution < -0.4 is 0 Å². The van der Waals surface area contributed by atoms with Crippen molar-refractivity contribution in [1.29, 1.82) is 0 Å². The van der Waals surface area contributed by atoms with Crippen LogP contribution in [0.1, 0.15) is 11.4 Å². The maximum absolute atomic E-state index is 13.2. The summed E-state index contributed by atoms with van der Waals surface area (Å²) in [6.45, 7) is 3.56. The Hall–Kier alpha value is -3.84. The van der Waals surface area contributed by atoms with Crippen LogP contribution in [0.3, 0.4) is 0 Å². The van der Waals surface area contributed by atoms with E-state index in [2.05, 4.69) is 0 Å². The Morgan fingerprint density at radius 1 is 0.781 bits per heavy atom. The van der Waals surface area contributed by atoms with E-state index in [1.807, 2.05) is 48.7 Å². The number of pyridine rings is 1. The highest BCUT2D eigenvalue weighted by Crippen LogP contribution is 2.36. The molecule has 6 nitrogen and oxygen atoms in total. The molecular weight excluding hydrogens is 422 g/mol. The van der Waals surface area contributed by atoms with E-state index in [0.717, 1.165) is 27.9 Å². The highest BCUT2D eigenvalue weighted by atomic mass is 32.2. The maximum Gasteiger partial charge on any atom is 0.268 e. The Bertz CT molecular complexity index is 1530. The van der Waals surface area contributed by atoms with Crippen molar-refractivity contribution in [1.82, 2.24) is 13.6 Å². The van der Waals surface area contributed by atoms with E-state index in [1.54, 1.807) is 54.8 Å². The summed E-state index contributed by atoms with van der Waals surface area (Å²) in [7, 11) is -3.68. The molecule has 32 heavy (non-hydrogen) atoms. The number of fused-ring (bicyclic) bond motifs is 1. The van der Waals surface area contributed by atoms with E-state index in [4.69, 9.17) is 5.10 Å². The van der Waals surface area contributed by atoms with Gasteiger partial charge in [-0.2, -0.15) is 5.10 Å². The fraction of sp³-hybridized carbons (Fsp3) is 0.0800. The molecule has 0 aliphatic rings. The van der Waals surface area contributed by atoms with E-state index in [1.165, 1.54) is 3.97 Å². The van der Waals surface area contributed by atoms with Crippen LogP contribution in [0.5, 0.6) is 5.75 Å². The highest BCUT2D eigenvalue weighted by Gasteiger charge is 2.21. The minimum atomic E-state index is -3.68. The Morgan fingerprint density at radius 3 is 2.06 bits per heavy atom. The van der Waals surface area contributed by atoms with Gasteiger partial charge in [0, 0.05) is 28.7 Å². The van der Waals surface area contributed by atoms with Gasteiger partial charge in [0.25, 0.3) is 10.0 Å². The van der Waals surface area contributed by atoms with Crippen LogP contribution in [0.2, 0.25) is 0 Å². The average molecular weight is 444 g/mol. The molecular formula is C25H21N3O3S. The second kappa shape index (κ2) is 7.39. The van der Waals surface area contributed by atoms with Crippen molar-refractivity contribution in [3.05, 3.63) is 96.4 Å². The Balaban J connectivity index is 1.65. The van der Waals surface area contributed by atoms with Crippen molar-refractivity contribution >= 4 is 15.5 Å². The molecule has 7 heteroatoms. The van der Waals surface area contributed by atoms with Crippen LogP contribution >= 0.6 is 0 Å². The molecule has 0 amide bonds. The van der Waals surface area contributed by atoms with Crippen molar-refractivity contribution in [3.8, 4) is 28.1 Å². The molecule has 5 aromatic rings. The van der Waals surface area contributed by atoms with Gasteiger partial charge >= 0.3 is 0 Å². The van der Waals surface area contributed by atoms with Crippen molar-refractivity contribution in [2.75, 3.05) is 0 Å². The number of aromatic nitrogens is 3. The molecule has 0 aliphatic heterocycles. The fourth-order valence-corrected chi connectivity index (χ4v) is 5.61. The van der Waals surface area contributed by atoms with Crippen molar-refractivity contribution in [2.24, 2.45) is 0 Å². The molecule has 0 saturated carbocycles. The van der Waals surface area contributed by atoms with E-state index in [-0.39, 0.29) is 10.6 Å². The Kier molecular flexibility index (Phi) is 4.64. The van der Waals surface area contributed by atoms with E-state index in [9.17, 15) is 13.5 Å². The molecule has 1 N–H and O–H groups in total. The summed E-state index contributed by atoms with van der Waals surface area (Å²) in [6, 6.07) is 23.2. The zero-order valence-electron chi connectivity index (χ0n) is 17.6. The van der Waals surface area contributed by atoms with E-state index in [0.29, 0.717) is 11.4 Å². The molecule has 5 rings (SSSR count). The van der Waals surface area contributed by atoms with Gasteiger partial charge in [-0.3, -0.25) is 0 Å². The summed E-state index contributed by atoms with van der Waals surface area (Å²) in [4.78, 5) is 0.228.